The van der Waals surface area contributed by atoms with Gasteiger partial charge in [0.1, 0.15) is 13.2 Å². The molecule has 1 unspecified atom stereocenters. The molecule has 0 amide bonds. The molecule has 0 spiro atoms. The average molecular weight is 278 g/mol. The van der Waals surface area contributed by atoms with Crippen molar-refractivity contribution >= 4 is 5.97 Å². The standard InChI is InChI=1S/C15H18O5/c1-3-7-19-13-6-5-11(9-12(16)15(17)18)10-14(13)20-8-4-2/h3-6,10,12,16H,1-2,7-9H2,(H,17,18). The summed E-state index contributed by atoms with van der Waals surface area (Å²) in [4.78, 5) is 10.6. The highest BCUT2D eigenvalue weighted by Gasteiger charge is 2.15. The second-order valence-corrected chi connectivity index (χ2v) is 4.04. The molecule has 0 radical (unpaired) electrons. The molecule has 0 aliphatic heterocycles. The van der Waals surface area contributed by atoms with Crippen molar-refractivity contribution in [2.75, 3.05) is 13.2 Å². The number of carboxylic acid groups (broad SMARTS) is 1. The molecule has 1 rings (SSSR count). The number of carbonyl (C=O) groups is 1. The van der Waals surface area contributed by atoms with E-state index >= 15 is 0 Å². The molecule has 1 aromatic rings. The third-order valence-electron chi connectivity index (χ3n) is 2.44. The van der Waals surface area contributed by atoms with E-state index in [2.05, 4.69) is 13.2 Å². The van der Waals surface area contributed by atoms with Crippen LogP contribution in [0.4, 0.5) is 0 Å². The van der Waals surface area contributed by atoms with E-state index in [-0.39, 0.29) is 6.42 Å². The normalized spacial score (nSPS) is 11.4. The Morgan fingerprint density at radius 3 is 2.35 bits per heavy atom. The lowest BCUT2D eigenvalue weighted by Crippen LogP contribution is -2.21. The predicted octanol–water partition coefficient (Wildman–Crippen LogP) is 1.80. The van der Waals surface area contributed by atoms with E-state index in [9.17, 15) is 9.90 Å². The molecular formula is C15H18O5. The topological polar surface area (TPSA) is 76.0 Å². The molecule has 0 heterocycles. The number of aliphatic hydroxyl groups is 1. The van der Waals surface area contributed by atoms with E-state index in [0.29, 0.717) is 30.3 Å². The van der Waals surface area contributed by atoms with Crippen LogP contribution in [0.1, 0.15) is 5.56 Å². The highest BCUT2D eigenvalue weighted by molar-refractivity contribution is 5.72. The van der Waals surface area contributed by atoms with Crippen molar-refractivity contribution < 1.29 is 24.5 Å². The molecule has 1 atom stereocenters. The Bertz CT molecular complexity index is 481. The van der Waals surface area contributed by atoms with Gasteiger partial charge in [-0.3, -0.25) is 0 Å². The van der Waals surface area contributed by atoms with Gasteiger partial charge < -0.3 is 19.7 Å². The van der Waals surface area contributed by atoms with Crippen molar-refractivity contribution in [2.45, 2.75) is 12.5 Å². The fraction of sp³-hybridized carbons (Fsp3) is 0.267. The number of benzene rings is 1. The summed E-state index contributed by atoms with van der Waals surface area (Å²) in [6.45, 7) is 7.76. The lowest BCUT2D eigenvalue weighted by atomic mass is 10.1. The molecule has 20 heavy (non-hydrogen) atoms. The second kappa shape index (κ2) is 8.01. The van der Waals surface area contributed by atoms with Gasteiger partial charge >= 0.3 is 5.97 Å². The minimum atomic E-state index is -1.44. The Hall–Kier alpha value is -2.27. The maximum atomic E-state index is 10.6. The van der Waals surface area contributed by atoms with E-state index in [1.807, 2.05) is 0 Å². The van der Waals surface area contributed by atoms with Crippen LogP contribution in [-0.2, 0) is 11.2 Å². The van der Waals surface area contributed by atoms with E-state index in [1.165, 1.54) is 0 Å². The third-order valence-corrected chi connectivity index (χ3v) is 2.44. The number of hydrogen-bond acceptors (Lipinski definition) is 4. The number of ether oxygens (including phenoxy) is 2. The Morgan fingerprint density at radius 1 is 1.20 bits per heavy atom. The first kappa shape index (κ1) is 15.8. The summed E-state index contributed by atoms with van der Waals surface area (Å²) in [5, 5.41) is 18.1. The Balaban J connectivity index is 2.90. The van der Waals surface area contributed by atoms with Crippen LogP contribution >= 0.6 is 0 Å². The molecule has 2 N–H and O–H groups in total. The van der Waals surface area contributed by atoms with Gasteiger partial charge in [-0.25, -0.2) is 4.79 Å². The summed E-state index contributed by atoms with van der Waals surface area (Å²) in [6.07, 6.45) is 1.76. The van der Waals surface area contributed by atoms with Gasteiger partial charge in [0.05, 0.1) is 0 Å². The number of hydrogen-bond donors (Lipinski definition) is 2. The fourth-order valence-electron chi connectivity index (χ4n) is 1.52. The maximum Gasteiger partial charge on any atom is 0.332 e. The van der Waals surface area contributed by atoms with E-state index < -0.39 is 12.1 Å². The summed E-state index contributed by atoms with van der Waals surface area (Å²) in [5.41, 5.74) is 0.643. The van der Waals surface area contributed by atoms with E-state index in [4.69, 9.17) is 14.6 Å². The molecule has 0 aliphatic rings. The Labute approximate surface area is 117 Å². The predicted molar refractivity (Wildman–Crippen MR) is 75.2 cm³/mol. The molecule has 1 aromatic carbocycles. The van der Waals surface area contributed by atoms with Crippen molar-refractivity contribution in [1.29, 1.82) is 0 Å². The van der Waals surface area contributed by atoms with Gasteiger partial charge in [-0.2, -0.15) is 0 Å². The van der Waals surface area contributed by atoms with Crippen LogP contribution in [0.15, 0.2) is 43.5 Å². The van der Waals surface area contributed by atoms with Gasteiger partial charge in [0.2, 0.25) is 0 Å². The lowest BCUT2D eigenvalue weighted by Gasteiger charge is -2.13. The average Bonchev–Trinajstić information content (AvgIpc) is 2.43. The zero-order valence-electron chi connectivity index (χ0n) is 11.1. The second-order valence-electron chi connectivity index (χ2n) is 4.04. The molecule has 0 saturated heterocycles. The Kier molecular flexibility index (Phi) is 6.32. The molecule has 108 valence electrons. The molecule has 0 bridgehead atoms. The van der Waals surface area contributed by atoms with Crippen LogP contribution in [0.3, 0.4) is 0 Å². The van der Waals surface area contributed by atoms with Crippen LogP contribution < -0.4 is 9.47 Å². The van der Waals surface area contributed by atoms with Crippen molar-refractivity contribution in [3.8, 4) is 11.5 Å². The summed E-state index contributed by atoms with van der Waals surface area (Å²) in [6, 6.07) is 5.01. The van der Waals surface area contributed by atoms with Crippen LogP contribution in [-0.4, -0.2) is 35.5 Å². The highest BCUT2D eigenvalue weighted by atomic mass is 16.5. The number of carboxylic acids is 1. The van der Waals surface area contributed by atoms with Gasteiger partial charge in [-0.15, -0.1) is 0 Å². The number of rotatable bonds is 9. The Morgan fingerprint density at radius 2 is 1.80 bits per heavy atom. The van der Waals surface area contributed by atoms with E-state index in [0.717, 1.165) is 0 Å². The van der Waals surface area contributed by atoms with Gasteiger partial charge in [0, 0.05) is 6.42 Å². The van der Waals surface area contributed by atoms with Gasteiger partial charge in [0.15, 0.2) is 17.6 Å². The van der Waals surface area contributed by atoms with Crippen molar-refractivity contribution in [1.82, 2.24) is 0 Å². The number of aliphatic carboxylic acids is 1. The molecule has 0 saturated carbocycles. The maximum absolute atomic E-state index is 10.6. The molecule has 5 nitrogen and oxygen atoms in total. The van der Waals surface area contributed by atoms with Gasteiger partial charge in [0.25, 0.3) is 0 Å². The van der Waals surface area contributed by atoms with Crippen molar-refractivity contribution in [2.24, 2.45) is 0 Å². The smallest absolute Gasteiger partial charge is 0.332 e. The summed E-state index contributed by atoms with van der Waals surface area (Å²) >= 11 is 0. The minimum absolute atomic E-state index is 0.00151. The first-order valence-electron chi connectivity index (χ1n) is 6.09. The molecule has 5 heteroatoms. The molecule has 0 aliphatic carbocycles. The zero-order chi connectivity index (χ0) is 15.0. The lowest BCUT2D eigenvalue weighted by molar-refractivity contribution is -0.146. The largest absolute Gasteiger partial charge is 0.486 e. The van der Waals surface area contributed by atoms with Gasteiger partial charge in [-0.05, 0) is 17.7 Å². The zero-order valence-corrected chi connectivity index (χ0v) is 11.1. The fourth-order valence-corrected chi connectivity index (χ4v) is 1.52. The van der Waals surface area contributed by atoms with Crippen LogP contribution in [0, 0.1) is 0 Å². The van der Waals surface area contributed by atoms with Crippen molar-refractivity contribution in [3.05, 3.63) is 49.1 Å². The van der Waals surface area contributed by atoms with Crippen LogP contribution in [0.2, 0.25) is 0 Å². The molecule has 0 aromatic heterocycles. The van der Waals surface area contributed by atoms with Crippen molar-refractivity contribution in [3.63, 3.8) is 0 Å². The summed E-state index contributed by atoms with van der Waals surface area (Å²) in [5.74, 6) is -0.257. The van der Waals surface area contributed by atoms with Gasteiger partial charge in [-0.1, -0.05) is 31.4 Å². The first-order valence-corrected chi connectivity index (χ1v) is 6.09. The SMILES string of the molecule is C=CCOc1ccc(CC(O)C(=O)O)cc1OCC=C. The van der Waals surface area contributed by atoms with E-state index in [1.54, 1.807) is 30.4 Å². The first-order chi connectivity index (χ1) is 9.58. The summed E-state index contributed by atoms with van der Waals surface area (Å²) in [7, 11) is 0. The van der Waals surface area contributed by atoms with Crippen LogP contribution in [0.25, 0.3) is 0 Å². The number of aliphatic hydroxyl groups excluding tert-OH is 1. The molecular weight excluding hydrogens is 260 g/mol. The van der Waals surface area contributed by atoms with Crippen LogP contribution in [0.5, 0.6) is 11.5 Å². The monoisotopic (exact) mass is 278 g/mol. The highest BCUT2D eigenvalue weighted by Crippen LogP contribution is 2.29. The minimum Gasteiger partial charge on any atom is -0.486 e. The summed E-state index contributed by atoms with van der Waals surface area (Å²) < 4.78 is 10.9. The third kappa shape index (κ3) is 4.78. The molecule has 0 fully saturated rings. The quantitative estimate of drug-likeness (QED) is 0.674.